The van der Waals surface area contributed by atoms with E-state index in [9.17, 15) is 9.59 Å². The first-order valence-electron chi connectivity index (χ1n) is 8.70. The van der Waals surface area contributed by atoms with Crippen molar-refractivity contribution in [3.05, 3.63) is 34.3 Å². The second-order valence-corrected chi connectivity index (χ2v) is 6.10. The highest BCUT2D eigenvalue weighted by Crippen LogP contribution is 2.44. The molecule has 134 valence electrons. The summed E-state index contributed by atoms with van der Waals surface area (Å²) in [5, 5.41) is 0. The van der Waals surface area contributed by atoms with Crippen molar-refractivity contribution in [1.82, 2.24) is 0 Å². The van der Waals surface area contributed by atoms with Gasteiger partial charge in [-0.2, -0.15) is 0 Å². The van der Waals surface area contributed by atoms with Gasteiger partial charge in [-0.1, -0.05) is 39.3 Å². The highest BCUT2D eigenvalue weighted by Gasteiger charge is 2.43. The van der Waals surface area contributed by atoms with Crippen LogP contribution in [0, 0.1) is 5.41 Å². The van der Waals surface area contributed by atoms with E-state index < -0.39 is 5.41 Å². The molecule has 0 radical (unpaired) electrons. The van der Waals surface area contributed by atoms with Crippen LogP contribution in [0.5, 0.6) is 0 Å². The Kier molecular flexibility index (Phi) is 7.00. The van der Waals surface area contributed by atoms with Crippen molar-refractivity contribution in [3.8, 4) is 0 Å². The van der Waals surface area contributed by atoms with Gasteiger partial charge in [0.25, 0.3) is 0 Å². The van der Waals surface area contributed by atoms with Crippen LogP contribution in [0.2, 0.25) is 0 Å². The topological polar surface area (TPSA) is 52.6 Å². The van der Waals surface area contributed by atoms with Crippen LogP contribution in [0.25, 0.3) is 0 Å². The number of carbonyl (C=O) groups excluding carboxylic acids is 2. The lowest BCUT2D eigenvalue weighted by atomic mass is 9.68. The Labute approximate surface area is 145 Å². The van der Waals surface area contributed by atoms with E-state index in [1.54, 1.807) is 6.92 Å². The standard InChI is InChI=1S/C20H30O4/c1-8-14(9-2)12-20(10-3,11-4)15-13(5)16(21)18(23-6)19(24-7)17(15)22/h12H,8-11H2,1-7H3. The summed E-state index contributed by atoms with van der Waals surface area (Å²) in [6, 6.07) is 0. The quantitative estimate of drug-likeness (QED) is 0.484. The fraction of sp³-hybridized carbons (Fsp3) is 0.600. The molecule has 0 spiro atoms. The van der Waals surface area contributed by atoms with Crippen molar-refractivity contribution in [1.29, 1.82) is 0 Å². The molecular formula is C20H30O4. The minimum atomic E-state index is -0.457. The minimum absolute atomic E-state index is 0.0000391. The summed E-state index contributed by atoms with van der Waals surface area (Å²) in [6.45, 7) is 10.1. The second kappa shape index (κ2) is 8.32. The van der Waals surface area contributed by atoms with Crippen molar-refractivity contribution in [3.63, 3.8) is 0 Å². The fourth-order valence-electron chi connectivity index (χ4n) is 3.47. The Hall–Kier alpha value is -1.84. The van der Waals surface area contributed by atoms with Gasteiger partial charge in [0, 0.05) is 16.6 Å². The van der Waals surface area contributed by atoms with E-state index in [1.165, 1.54) is 19.8 Å². The molecule has 1 aliphatic rings. The number of carbonyl (C=O) groups is 2. The average molecular weight is 334 g/mol. The zero-order valence-corrected chi connectivity index (χ0v) is 16.0. The van der Waals surface area contributed by atoms with Gasteiger partial charge >= 0.3 is 0 Å². The summed E-state index contributed by atoms with van der Waals surface area (Å²) >= 11 is 0. The number of allylic oxidation sites excluding steroid dienone is 4. The third-order valence-corrected chi connectivity index (χ3v) is 5.12. The lowest BCUT2D eigenvalue weighted by Gasteiger charge is -2.35. The van der Waals surface area contributed by atoms with Crippen LogP contribution in [0.3, 0.4) is 0 Å². The van der Waals surface area contributed by atoms with Crippen LogP contribution >= 0.6 is 0 Å². The van der Waals surface area contributed by atoms with Crippen molar-refractivity contribution < 1.29 is 19.1 Å². The molecule has 0 aliphatic heterocycles. The molecule has 0 amide bonds. The van der Waals surface area contributed by atoms with Crippen molar-refractivity contribution >= 4 is 11.6 Å². The van der Waals surface area contributed by atoms with Gasteiger partial charge in [-0.15, -0.1) is 0 Å². The highest BCUT2D eigenvalue weighted by molar-refractivity contribution is 6.24. The molecular weight excluding hydrogens is 304 g/mol. The Bertz CT molecular complexity index is 595. The molecule has 4 heteroatoms. The van der Waals surface area contributed by atoms with E-state index in [0.717, 1.165) is 25.7 Å². The Morgan fingerprint density at radius 1 is 0.917 bits per heavy atom. The SMILES string of the molecule is CCC(=CC(CC)(CC)C1=C(C)C(=O)C(OC)=C(OC)C1=O)CC. The molecule has 0 N–H and O–H groups in total. The monoisotopic (exact) mass is 334 g/mol. The molecule has 4 nitrogen and oxygen atoms in total. The highest BCUT2D eigenvalue weighted by atomic mass is 16.5. The zero-order chi connectivity index (χ0) is 18.5. The summed E-state index contributed by atoms with van der Waals surface area (Å²) in [7, 11) is 2.79. The molecule has 0 atom stereocenters. The van der Waals surface area contributed by atoms with Crippen LogP contribution < -0.4 is 0 Å². The van der Waals surface area contributed by atoms with E-state index in [-0.39, 0.29) is 23.1 Å². The third-order valence-electron chi connectivity index (χ3n) is 5.12. The number of hydrogen-bond acceptors (Lipinski definition) is 4. The van der Waals surface area contributed by atoms with Crippen molar-refractivity contribution in [2.24, 2.45) is 5.41 Å². The number of rotatable bonds is 8. The Morgan fingerprint density at radius 3 is 1.75 bits per heavy atom. The van der Waals surface area contributed by atoms with Gasteiger partial charge in [0.2, 0.25) is 23.1 Å². The summed E-state index contributed by atoms with van der Waals surface area (Å²) < 4.78 is 10.4. The first kappa shape index (κ1) is 20.2. The second-order valence-electron chi connectivity index (χ2n) is 6.10. The molecule has 24 heavy (non-hydrogen) atoms. The van der Waals surface area contributed by atoms with Crippen molar-refractivity contribution in [2.75, 3.05) is 14.2 Å². The maximum absolute atomic E-state index is 13.1. The van der Waals surface area contributed by atoms with E-state index in [0.29, 0.717) is 11.1 Å². The molecule has 0 fully saturated rings. The largest absolute Gasteiger partial charge is 0.489 e. The van der Waals surface area contributed by atoms with E-state index in [4.69, 9.17) is 9.47 Å². The lowest BCUT2D eigenvalue weighted by molar-refractivity contribution is -0.121. The summed E-state index contributed by atoms with van der Waals surface area (Å²) in [6.07, 6.45) is 5.56. The molecule has 0 aromatic rings. The van der Waals surface area contributed by atoms with E-state index >= 15 is 0 Å². The van der Waals surface area contributed by atoms with Crippen LogP contribution in [0.1, 0.15) is 60.3 Å². The molecule has 0 unspecified atom stereocenters. The Morgan fingerprint density at radius 2 is 1.38 bits per heavy atom. The molecule has 1 aliphatic carbocycles. The normalized spacial score (nSPS) is 15.8. The number of methoxy groups -OCH3 is 2. The minimum Gasteiger partial charge on any atom is -0.489 e. The van der Waals surface area contributed by atoms with Crippen LogP contribution in [-0.4, -0.2) is 25.8 Å². The van der Waals surface area contributed by atoms with Gasteiger partial charge in [-0.05, 0) is 32.6 Å². The molecule has 0 saturated carbocycles. The van der Waals surface area contributed by atoms with Gasteiger partial charge in [-0.25, -0.2) is 0 Å². The molecule has 0 bridgehead atoms. The predicted octanol–water partition coefficient (Wildman–Crippen LogP) is 4.51. The number of ketones is 2. The number of hydrogen-bond donors (Lipinski definition) is 0. The first-order valence-corrected chi connectivity index (χ1v) is 8.70. The van der Waals surface area contributed by atoms with Gasteiger partial charge in [0.15, 0.2) is 0 Å². The maximum Gasteiger partial charge on any atom is 0.228 e. The first-order chi connectivity index (χ1) is 11.4. The summed E-state index contributed by atoms with van der Waals surface area (Å²) in [5.74, 6) is -0.492. The summed E-state index contributed by atoms with van der Waals surface area (Å²) in [5.41, 5.74) is 1.85. The van der Waals surface area contributed by atoms with Crippen LogP contribution in [0.4, 0.5) is 0 Å². The number of ether oxygens (including phenoxy) is 2. The lowest BCUT2D eigenvalue weighted by Crippen LogP contribution is -2.34. The maximum atomic E-state index is 13.1. The molecule has 0 aromatic carbocycles. The van der Waals surface area contributed by atoms with E-state index in [1.807, 2.05) is 0 Å². The van der Waals surface area contributed by atoms with Crippen molar-refractivity contribution in [2.45, 2.75) is 60.3 Å². The predicted molar refractivity (Wildman–Crippen MR) is 95.4 cm³/mol. The zero-order valence-electron chi connectivity index (χ0n) is 16.0. The molecule has 0 heterocycles. The number of Topliss-reactive ketones (excluding diaryl/α,β-unsaturated/α-hetero) is 2. The van der Waals surface area contributed by atoms with Gasteiger partial charge in [-0.3, -0.25) is 9.59 Å². The molecule has 0 aromatic heterocycles. The van der Waals surface area contributed by atoms with Gasteiger partial charge in [0.05, 0.1) is 14.2 Å². The van der Waals surface area contributed by atoms with Crippen LogP contribution in [0.15, 0.2) is 34.3 Å². The average Bonchev–Trinajstić information content (AvgIpc) is 2.60. The van der Waals surface area contributed by atoms with Gasteiger partial charge < -0.3 is 9.47 Å². The Balaban J connectivity index is 3.65. The third kappa shape index (κ3) is 3.33. The summed E-state index contributed by atoms with van der Waals surface area (Å²) in [4.78, 5) is 25.8. The fourth-order valence-corrected chi connectivity index (χ4v) is 3.47. The van der Waals surface area contributed by atoms with Crippen LogP contribution in [-0.2, 0) is 19.1 Å². The smallest absolute Gasteiger partial charge is 0.228 e. The van der Waals surface area contributed by atoms with Gasteiger partial charge in [0.1, 0.15) is 0 Å². The molecule has 0 saturated heterocycles. The molecule has 1 rings (SSSR count). The van der Waals surface area contributed by atoms with E-state index in [2.05, 4.69) is 33.8 Å².